The molecule has 0 unspecified atom stereocenters. The zero-order valence-corrected chi connectivity index (χ0v) is 17.9. The standard InChI is InChI=1S/C25H19ClN2O4/c1-31-24(29)15-32-23-14-22(16-7-9-18(26)10-8-16)28-21-12-11-19(13-20(21)23)27-25(30)17-5-3-2-4-6-17/h2-14H,15H2,1H3,(H,27,30). The molecule has 0 atom stereocenters. The maximum absolute atomic E-state index is 12.5. The zero-order chi connectivity index (χ0) is 22.5. The van der Waals surface area contributed by atoms with Gasteiger partial charge in [-0.05, 0) is 42.5 Å². The Bertz CT molecular complexity index is 1270. The second kappa shape index (κ2) is 9.49. The van der Waals surface area contributed by atoms with E-state index in [0.29, 0.717) is 38.6 Å². The monoisotopic (exact) mass is 446 g/mol. The van der Waals surface area contributed by atoms with Crippen molar-refractivity contribution in [3.8, 4) is 17.0 Å². The number of rotatable bonds is 6. The van der Waals surface area contributed by atoms with Crippen LogP contribution in [0.3, 0.4) is 0 Å². The quantitative estimate of drug-likeness (QED) is 0.403. The zero-order valence-electron chi connectivity index (χ0n) is 17.2. The van der Waals surface area contributed by atoms with E-state index in [4.69, 9.17) is 21.3 Å². The average Bonchev–Trinajstić information content (AvgIpc) is 2.83. The minimum atomic E-state index is -0.503. The van der Waals surface area contributed by atoms with Crippen LogP contribution in [0.2, 0.25) is 5.02 Å². The first-order valence-corrected chi connectivity index (χ1v) is 10.2. The van der Waals surface area contributed by atoms with E-state index in [1.165, 1.54) is 7.11 Å². The predicted molar refractivity (Wildman–Crippen MR) is 124 cm³/mol. The van der Waals surface area contributed by atoms with E-state index in [0.717, 1.165) is 5.56 Å². The molecule has 3 aromatic carbocycles. The Kier molecular flexibility index (Phi) is 6.33. The van der Waals surface area contributed by atoms with Gasteiger partial charge in [-0.15, -0.1) is 0 Å². The molecule has 1 N–H and O–H groups in total. The van der Waals surface area contributed by atoms with Gasteiger partial charge in [0.15, 0.2) is 6.61 Å². The lowest BCUT2D eigenvalue weighted by atomic mass is 10.1. The van der Waals surface area contributed by atoms with Crippen LogP contribution in [-0.4, -0.2) is 30.6 Å². The van der Waals surface area contributed by atoms with Crippen molar-refractivity contribution in [2.45, 2.75) is 0 Å². The van der Waals surface area contributed by atoms with Crippen LogP contribution in [-0.2, 0) is 9.53 Å². The number of halogens is 1. The summed E-state index contributed by atoms with van der Waals surface area (Å²) in [5, 5.41) is 4.15. The molecule has 0 fully saturated rings. The highest BCUT2D eigenvalue weighted by Crippen LogP contribution is 2.32. The molecule has 160 valence electrons. The fourth-order valence-corrected chi connectivity index (χ4v) is 3.27. The number of nitrogens with one attached hydrogen (secondary N) is 1. The molecule has 4 rings (SSSR count). The molecular formula is C25H19ClN2O4. The van der Waals surface area contributed by atoms with Gasteiger partial charge in [0.25, 0.3) is 5.91 Å². The molecule has 0 aliphatic rings. The van der Waals surface area contributed by atoms with Crippen molar-refractivity contribution in [3.05, 3.63) is 89.4 Å². The number of ether oxygens (including phenoxy) is 2. The summed E-state index contributed by atoms with van der Waals surface area (Å²) >= 11 is 6.00. The summed E-state index contributed by atoms with van der Waals surface area (Å²) in [5.41, 5.74) is 3.28. The predicted octanol–water partition coefficient (Wildman–Crippen LogP) is 5.36. The largest absolute Gasteiger partial charge is 0.481 e. The maximum Gasteiger partial charge on any atom is 0.343 e. The number of carbonyl (C=O) groups excluding carboxylic acids is 2. The molecule has 0 aliphatic heterocycles. The smallest absolute Gasteiger partial charge is 0.343 e. The third kappa shape index (κ3) is 4.87. The number of hydrogen-bond acceptors (Lipinski definition) is 5. The van der Waals surface area contributed by atoms with Crippen molar-refractivity contribution in [2.24, 2.45) is 0 Å². The van der Waals surface area contributed by atoms with Crippen molar-refractivity contribution in [1.29, 1.82) is 0 Å². The topological polar surface area (TPSA) is 77.5 Å². The Morgan fingerprint density at radius 2 is 1.72 bits per heavy atom. The molecule has 0 aliphatic carbocycles. The van der Waals surface area contributed by atoms with Crippen LogP contribution < -0.4 is 10.1 Å². The van der Waals surface area contributed by atoms with E-state index in [2.05, 4.69) is 10.1 Å². The fourth-order valence-electron chi connectivity index (χ4n) is 3.15. The van der Waals surface area contributed by atoms with E-state index in [9.17, 15) is 9.59 Å². The summed E-state index contributed by atoms with van der Waals surface area (Å²) in [7, 11) is 1.30. The summed E-state index contributed by atoms with van der Waals surface area (Å²) in [4.78, 5) is 28.9. The van der Waals surface area contributed by atoms with E-state index >= 15 is 0 Å². The number of pyridine rings is 1. The van der Waals surface area contributed by atoms with Crippen molar-refractivity contribution >= 4 is 40.1 Å². The average molecular weight is 447 g/mol. The lowest BCUT2D eigenvalue weighted by molar-refractivity contribution is -0.142. The summed E-state index contributed by atoms with van der Waals surface area (Å²) in [6.07, 6.45) is 0. The molecule has 0 saturated carbocycles. The minimum Gasteiger partial charge on any atom is -0.481 e. The van der Waals surface area contributed by atoms with Gasteiger partial charge in [0.05, 0.1) is 18.3 Å². The number of nitrogens with zero attached hydrogens (tertiary/aromatic N) is 1. The third-order valence-corrected chi connectivity index (χ3v) is 5.03. The van der Waals surface area contributed by atoms with Gasteiger partial charge < -0.3 is 14.8 Å². The Morgan fingerprint density at radius 1 is 0.969 bits per heavy atom. The number of esters is 1. The maximum atomic E-state index is 12.5. The summed E-state index contributed by atoms with van der Waals surface area (Å²) in [5.74, 6) is -0.287. The minimum absolute atomic E-state index is 0.229. The molecule has 0 bridgehead atoms. The van der Waals surface area contributed by atoms with Gasteiger partial charge in [0, 0.05) is 33.3 Å². The van der Waals surface area contributed by atoms with Crippen LogP contribution in [0.5, 0.6) is 5.75 Å². The van der Waals surface area contributed by atoms with Gasteiger partial charge in [-0.3, -0.25) is 4.79 Å². The van der Waals surface area contributed by atoms with E-state index in [1.807, 2.05) is 18.2 Å². The second-order valence-corrected chi connectivity index (χ2v) is 7.37. The highest BCUT2D eigenvalue weighted by Gasteiger charge is 2.13. The van der Waals surface area contributed by atoms with Crippen LogP contribution >= 0.6 is 11.6 Å². The van der Waals surface area contributed by atoms with E-state index in [1.54, 1.807) is 60.7 Å². The number of amides is 1. The number of anilines is 1. The number of fused-ring (bicyclic) bond motifs is 1. The fraction of sp³-hybridized carbons (Fsp3) is 0.0800. The van der Waals surface area contributed by atoms with Gasteiger partial charge in [0.2, 0.25) is 0 Å². The van der Waals surface area contributed by atoms with Crippen molar-refractivity contribution in [2.75, 3.05) is 19.0 Å². The SMILES string of the molecule is COC(=O)COc1cc(-c2ccc(Cl)cc2)nc2ccc(NC(=O)c3ccccc3)cc12. The van der Waals surface area contributed by atoms with Gasteiger partial charge in [0.1, 0.15) is 5.75 Å². The van der Waals surface area contributed by atoms with Crippen LogP contribution in [0.25, 0.3) is 22.2 Å². The number of aromatic nitrogens is 1. The Balaban J connectivity index is 1.72. The lowest BCUT2D eigenvalue weighted by Crippen LogP contribution is -2.13. The molecule has 1 aromatic heterocycles. The Hall–Kier alpha value is -3.90. The molecule has 0 spiro atoms. The van der Waals surface area contributed by atoms with Crippen LogP contribution in [0.1, 0.15) is 10.4 Å². The first-order valence-electron chi connectivity index (χ1n) is 9.80. The molecule has 0 radical (unpaired) electrons. The first-order chi connectivity index (χ1) is 15.5. The molecule has 1 amide bonds. The number of hydrogen-bond donors (Lipinski definition) is 1. The van der Waals surface area contributed by atoms with Gasteiger partial charge in [-0.2, -0.15) is 0 Å². The van der Waals surface area contributed by atoms with Crippen LogP contribution in [0.4, 0.5) is 5.69 Å². The van der Waals surface area contributed by atoms with Crippen LogP contribution in [0.15, 0.2) is 78.9 Å². The molecule has 0 saturated heterocycles. The van der Waals surface area contributed by atoms with E-state index < -0.39 is 5.97 Å². The second-order valence-electron chi connectivity index (χ2n) is 6.93. The van der Waals surface area contributed by atoms with Crippen LogP contribution in [0, 0.1) is 0 Å². The summed E-state index contributed by atoms with van der Waals surface area (Å²) in [6, 6.07) is 23.3. The number of methoxy groups -OCH3 is 1. The van der Waals surface area contributed by atoms with Gasteiger partial charge in [-0.25, -0.2) is 9.78 Å². The number of benzene rings is 3. The highest BCUT2D eigenvalue weighted by molar-refractivity contribution is 6.30. The molecule has 6 nitrogen and oxygen atoms in total. The van der Waals surface area contributed by atoms with Crippen molar-refractivity contribution < 1.29 is 19.1 Å². The van der Waals surface area contributed by atoms with Crippen molar-refractivity contribution in [3.63, 3.8) is 0 Å². The third-order valence-electron chi connectivity index (χ3n) is 4.78. The van der Waals surface area contributed by atoms with E-state index in [-0.39, 0.29) is 12.5 Å². The Labute approximate surface area is 189 Å². The van der Waals surface area contributed by atoms with Crippen molar-refractivity contribution in [1.82, 2.24) is 4.98 Å². The molecule has 32 heavy (non-hydrogen) atoms. The molecule has 1 heterocycles. The molecular weight excluding hydrogens is 428 g/mol. The molecule has 7 heteroatoms. The number of carbonyl (C=O) groups is 2. The lowest BCUT2D eigenvalue weighted by Gasteiger charge is -2.13. The van der Waals surface area contributed by atoms with Gasteiger partial charge in [-0.1, -0.05) is 41.9 Å². The Morgan fingerprint density at radius 3 is 2.44 bits per heavy atom. The molecule has 4 aromatic rings. The highest BCUT2D eigenvalue weighted by atomic mass is 35.5. The summed E-state index contributed by atoms with van der Waals surface area (Å²) in [6.45, 7) is -0.254. The van der Waals surface area contributed by atoms with Gasteiger partial charge >= 0.3 is 5.97 Å². The summed E-state index contributed by atoms with van der Waals surface area (Å²) < 4.78 is 10.4. The first kappa shape index (κ1) is 21.3. The normalized spacial score (nSPS) is 10.6.